The number of amides is 1. The van der Waals surface area contributed by atoms with Gasteiger partial charge in [-0.3, -0.25) is 4.79 Å². The van der Waals surface area contributed by atoms with E-state index in [2.05, 4.69) is 10.1 Å². The first kappa shape index (κ1) is 20.4. The van der Waals surface area contributed by atoms with Crippen molar-refractivity contribution in [2.45, 2.75) is 33.4 Å². The molecule has 0 fully saturated rings. The number of likely N-dealkylation sites (N-methyl/N-ethyl adjacent to an activating group) is 1. The van der Waals surface area contributed by atoms with E-state index in [-0.39, 0.29) is 12.5 Å². The van der Waals surface area contributed by atoms with Gasteiger partial charge in [-0.1, -0.05) is 17.3 Å². The van der Waals surface area contributed by atoms with Crippen molar-refractivity contribution in [1.29, 1.82) is 0 Å². The first-order valence-electron chi connectivity index (χ1n) is 9.34. The fourth-order valence-electron chi connectivity index (χ4n) is 2.86. The molecule has 7 nitrogen and oxygen atoms in total. The molecular weight excluding hydrogens is 370 g/mol. The zero-order valence-electron chi connectivity index (χ0n) is 17.3. The molecule has 0 unspecified atom stereocenters. The first-order valence-corrected chi connectivity index (χ1v) is 9.34. The predicted molar refractivity (Wildman–Crippen MR) is 109 cm³/mol. The third-order valence-corrected chi connectivity index (χ3v) is 4.77. The summed E-state index contributed by atoms with van der Waals surface area (Å²) < 4.78 is 16.3. The van der Waals surface area contributed by atoms with Crippen LogP contribution in [-0.2, 0) is 11.3 Å². The minimum Gasteiger partial charge on any atom is -0.497 e. The van der Waals surface area contributed by atoms with Crippen molar-refractivity contribution in [2.75, 3.05) is 14.2 Å². The summed E-state index contributed by atoms with van der Waals surface area (Å²) in [4.78, 5) is 18.6. The van der Waals surface area contributed by atoms with Crippen LogP contribution in [0.25, 0.3) is 11.4 Å². The molecule has 2 aromatic carbocycles. The summed E-state index contributed by atoms with van der Waals surface area (Å²) in [6.45, 7) is 5.92. The molecule has 0 N–H and O–H groups in total. The summed E-state index contributed by atoms with van der Waals surface area (Å²) in [6.07, 6.45) is -0.635. The Kier molecular flexibility index (Phi) is 6.16. The summed E-state index contributed by atoms with van der Waals surface area (Å²) in [6, 6.07) is 13.1. The van der Waals surface area contributed by atoms with E-state index in [9.17, 15) is 4.79 Å². The highest BCUT2D eigenvalue weighted by Crippen LogP contribution is 2.23. The highest BCUT2D eigenvalue weighted by Gasteiger charge is 2.22. The van der Waals surface area contributed by atoms with E-state index < -0.39 is 6.10 Å². The molecule has 0 bridgehead atoms. The normalized spacial score (nSPS) is 11.8. The Morgan fingerprint density at radius 3 is 2.59 bits per heavy atom. The number of carbonyl (C=O) groups is 1. The van der Waals surface area contributed by atoms with E-state index in [1.807, 2.05) is 56.3 Å². The standard InChI is InChI=1S/C22H25N3O4/c1-14-7-6-8-19(15(14)2)28-16(3)22(26)25(4)13-20-23-21(24-29-20)17-9-11-18(27-5)12-10-17/h6-12,16H,13H2,1-5H3/t16-/m1/s1. The number of carbonyl (C=O) groups excluding carboxylic acids is 1. The zero-order chi connectivity index (χ0) is 21.0. The number of methoxy groups -OCH3 is 1. The van der Waals surface area contributed by atoms with Gasteiger partial charge in [0.05, 0.1) is 13.7 Å². The number of hydrogen-bond donors (Lipinski definition) is 0. The summed E-state index contributed by atoms with van der Waals surface area (Å²) in [5.41, 5.74) is 2.95. The van der Waals surface area contributed by atoms with Gasteiger partial charge in [0.15, 0.2) is 6.10 Å². The lowest BCUT2D eigenvalue weighted by Gasteiger charge is -2.21. The van der Waals surface area contributed by atoms with Gasteiger partial charge >= 0.3 is 0 Å². The minimum absolute atomic E-state index is 0.171. The van der Waals surface area contributed by atoms with Gasteiger partial charge in [0, 0.05) is 12.6 Å². The molecule has 0 aliphatic carbocycles. The largest absolute Gasteiger partial charge is 0.497 e. The van der Waals surface area contributed by atoms with Crippen LogP contribution in [0.1, 0.15) is 23.9 Å². The topological polar surface area (TPSA) is 77.7 Å². The number of benzene rings is 2. The molecule has 7 heteroatoms. The van der Waals surface area contributed by atoms with Gasteiger partial charge in [0.25, 0.3) is 5.91 Å². The maximum atomic E-state index is 12.7. The number of aryl methyl sites for hydroxylation is 1. The average Bonchev–Trinajstić information content (AvgIpc) is 3.19. The highest BCUT2D eigenvalue weighted by molar-refractivity contribution is 5.80. The van der Waals surface area contributed by atoms with Gasteiger partial charge in [-0.2, -0.15) is 4.98 Å². The molecule has 0 radical (unpaired) electrons. The molecule has 152 valence electrons. The molecule has 3 aromatic rings. The average molecular weight is 395 g/mol. The molecule has 0 aliphatic rings. The van der Waals surface area contributed by atoms with Gasteiger partial charge in [-0.15, -0.1) is 0 Å². The molecule has 1 aromatic heterocycles. The van der Waals surface area contributed by atoms with Crippen molar-refractivity contribution in [3.05, 3.63) is 59.5 Å². The highest BCUT2D eigenvalue weighted by atomic mass is 16.5. The molecule has 0 spiro atoms. The Labute approximate surface area is 170 Å². The Hall–Kier alpha value is -3.35. The lowest BCUT2D eigenvalue weighted by atomic mass is 10.1. The van der Waals surface area contributed by atoms with Crippen molar-refractivity contribution >= 4 is 5.91 Å². The quantitative estimate of drug-likeness (QED) is 0.606. The summed E-state index contributed by atoms with van der Waals surface area (Å²) in [5.74, 6) is 2.10. The monoisotopic (exact) mass is 395 g/mol. The van der Waals surface area contributed by atoms with Gasteiger partial charge in [-0.05, 0) is 62.2 Å². The summed E-state index contributed by atoms with van der Waals surface area (Å²) in [5, 5.41) is 3.99. The predicted octanol–water partition coefficient (Wildman–Crippen LogP) is 3.79. The van der Waals surface area contributed by atoms with E-state index in [1.165, 1.54) is 4.90 Å². The van der Waals surface area contributed by atoms with Crippen molar-refractivity contribution in [3.8, 4) is 22.9 Å². The lowest BCUT2D eigenvalue weighted by molar-refractivity contribution is -0.137. The summed E-state index contributed by atoms with van der Waals surface area (Å²) >= 11 is 0. The molecule has 3 rings (SSSR count). The number of hydrogen-bond acceptors (Lipinski definition) is 6. The lowest BCUT2D eigenvalue weighted by Crippen LogP contribution is -2.37. The van der Waals surface area contributed by atoms with Crippen LogP contribution in [0.4, 0.5) is 0 Å². The van der Waals surface area contributed by atoms with E-state index in [4.69, 9.17) is 14.0 Å². The number of nitrogens with zero attached hydrogens (tertiary/aromatic N) is 3. The number of rotatable bonds is 7. The molecule has 1 amide bonds. The van der Waals surface area contributed by atoms with Crippen molar-refractivity contribution in [1.82, 2.24) is 15.0 Å². The third-order valence-electron chi connectivity index (χ3n) is 4.77. The van der Waals surface area contributed by atoms with Gasteiger partial charge in [0.2, 0.25) is 11.7 Å². The van der Waals surface area contributed by atoms with E-state index in [0.717, 1.165) is 22.4 Å². The fourth-order valence-corrected chi connectivity index (χ4v) is 2.86. The maximum Gasteiger partial charge on any atom is 0.263 e. The smallest absolute Gasteiger partial charge is 0.263 e. The molecule has 1 atom stereocenters. The zero-order valence-corrected chi connectivity index (χ0v) is 17.3. The third kappa shape index (κ3) is 4.74. The Bertz CT molecular complexity index is 982. The molecule has 0 saturated carbocycles. The van der Waals surface area contributed by atoms with Crippen molar-refractivity contribution in [2.24, 2.45) is 0 Å². The second kappa shape index (κ2) is 8.77. The van der Waals surface area contributed by atoms with E-state index >= 15 is 0 Å². The second-order valence-electron chi connectivity index (χ2n) is 6.89. The SMILES string of the molecule is COc1ccc(-c2noc(CN(C)C(=O)[C@@H](C)Oc3cccc(C)c3C)n2)cc1. The molecule has 29 heavy (non-hydrogen) atoms. The van der Waals surface area contributed by atoms with Gasteiger partial charge in [-0.25, -0.2) is 0 Å². The maximum absolute atomic E-state index is 12.7. The van der Waals surface area contributed by atoms with Crippen molar-refractivity contribution < 1.29 is 18.8 Å². The van der Waals surface area contributed by atoms with Crippen LogP contribution < -0.4 is 9.47 Å². The van der Waals surface area contributed by atoms with Crippen LogP contribution in [0.15, 0.2) is 47.0 Å². The van der Waals surface area contributed by atoms with Crippen LogP contribution in [0.2, 0.25) is 0 Å². The Morgan fingerprint density at radius 2 is 1.90 bits per heavy atom. The first-order chi connectivity index (χ1) is 13.9. The summed E-state index contributed by atoms with van der Waals surface area (Å²) in [7, 11) is 3.29. The Morgan fingerprint density at radius 1 is 1.17 bits per heavy atom. The van der Waals surface area contributed by atoms with Crippen LogP contribution in [-0.4, -0.2) is 41.2 Å². The fraction of sp³-hybridized carbons (Fsp3) is 0.318. The van der Waals surface area contributed by atoms with Crippen molar-refractivity contribution in [3.63, 3.8) is 0 Å². The molecule has 1 heterocycles. The van der Waals surface area contributed by atoms with Crippen LogP contribution in [0, 0.1) is 13.8 Å². The minimum atomic E-state index is -0.635. The number of aromatic nitrogens is 2. The second-order valence-corrected chi connectivity index (χ2v) is 6.89. The van der Waals surface area contributed by atoms with Crippen LogP contribution in [0.5, 0.6) is 11.5 Å². The van der Waals surface area contributed by atoms with Gasteiger partial charge < -0.3 is 18.9 Å². The van der Waals surface area contributed by atoms with Gasteiger partial charge in [0.1, 0.15) is 11.5 Å². The van der Waals surface area contributed by atoms with Crippen LogP contribution >= 0.6 is 0 Å². The number of ether oxygens (including phenoxy) is 2. The molecule has 0 saturated heterocycles. The molecular formula is C22H25N3O4. The Balaban J connectivity index is 1.63. The van der Waals surface area contributed by atoms with Crippen LogP contribution in [0.3, 0.4) is 0 Å². The van der Waals surface area contributed by atoms with E-state index in [1.54, 1.807) is 21.1 Å². The van der Waals surface area contributed by atoms with E-state index in [0.29, 0.717) is 17.5 Å². The molecule has 0 aliphatic heterocycles.